The van der Waals surface area contributed by atoms with Crippen LogP contribution in [0.4, 0.5) is 13.2 Å². The average Bonchev–Trinajstić information content (AvgIpc) is 3.19. The highest BCUT2D eigenvalue weighted by molar-refractivity contribution is 5.52. The van der Waals surface area contributed by atoms with Crippen molar-refractivity contribution >= 4 is 5.65 Å². The van der Waals surface area contributed by atoms with E-state index in [0.717, 1.165) is 29.3 Å². The molecule has 3 aromatic rings. The van der Waals surface area contributed by atoms with Crippen LogP contribution in [0.1, 0.15) is 36.2 Å². The number of benzene rings is 1. The molecule has 9 heteroatoms. The summed E-state index contributed by atoms with van der Waals surface area (Å²) >= 11 is 0. The van der Waals surface area contributed by atoms with E-state index in [1.807, 2.05) is 18.2 Å². The number of alkyl halides is 3. The van der Waals surface area contributed by atoms with Crippen molar-refractivity contribution in [2.75, 3.05) is 6.79 Å². The van der Waals surface area contributed by atoms with E-state index < -0.39 is 22.8 Å². The number of hydrogen-bond acceptors (Lipinski definition) is 4. The van der Waals surface area contributed by atoms with Gasteiger partial charge in [0, 0.05) is 23.2 Å². The molecule has 1 N–H and O–H groups in total. The van der Waals surface area contributed by atoms with Gasteiger partial charge in [-0.1, -0.05) is 12.5 Å². The Morgan fingerprint density at radius 2 is 1.89 bits per heavy atom. The van der Waals surface area contributed by atoms with Crippen molar-refractivity contribution in [2.24, 2.45) is 0 Å². The Morgan fingerprint density at radius 3 is 2.59 bits per heavy atom. The van der Waals surface area contributed by atoms with Gasteiger partial charge in [-0.3, -0.25) is 9.89 Å². The molecule has 0 atom stereocenters. The summed E-state index contributed by atoms with van der Waals surface area (Å²) in [6, 6.07) is 7.67. The van der Waals surface area contributed by atoms with Gasteiger partial charge in [0.2, 0.25) is 6.79 Å². The highest BCUT2D eigenvalue weighted by Gasteiger charge is 2.43. The maximum atomic E-state index is 13.0. The third kappa shape index (κ3) is 2.34. The van der Waals surface area contributed by atoms with Gasteiger partial charge in [0.05, 0.1) is 0 Å². The highest BCUT2D eigenvalue weighted by Crippen LogP contribution is 2.50. The van der Waals surface area contributed by atoms with Gasteiger partial charge in [0.25, 0.3) is 5.56 Å². The predicted molar refractivity (Wildman–Crippen MR) is 88.0 cm³/mol. The van der Waals surface area contributed by atoms with Gasteiger partial charge in [-0.2, -0.15) is 13.2 Å². The summed E-state index contributed by atoms with van der Waals surface area (Å²) in [6.45, 7) is 0.164. The fraction of sp³-hybridized carbons (Fsp3) is 0.333. The Morgan fingerprint density at radius 1 is 1.11 bits per heavy atom. The maximum absolute atomic E-state index is 13.0. The molecule has 1 saturated carbocycles. The third-order valence-corrected chi connectivity index (χ3v) is 5.39. The quantitative estimate of drug-likeness (QED) is 0.745. The molecule has 1 aliphatic carbocycles. The van der Waals surface area contributed by atoms with Crippen LogP contribution in [0.2, 0.25) is 0 Å². The van der Waals surface area contributed by atoms with Crippen LogP contribution in [0, 0.1) is 0 Å². The van der Waals surface area contributed by atoms with Crippen LogP contribution in [0.15, 0.2) is 35.1 Å². The smallest absolute Gasteiger partial charge is 0.433 e. The summed E-state index contributed by atoms with van der Waals surface area (Å²) in [6.07, 6.45) is -2.09. The monoisotopic (exact) mass is 377 g/mol. The van der Waals surface area contributed by atoms with E-state index in [0.29, 0.717) is 23.3 Å². The molecule has 0 unspecified atom stereocenters. The molecule has 27 heavy (non-hydrogen) atoms. The standard InChI is InChI=1S/C18H14F3N3O3/c19-18(20,21)14-8-16(25)24-15(22-14)7-13(23-24)17(4-1-5-17)10-2-3-11-12(6-10)27-9-26-11/h2-3,6-8,23H,1,4-5,9H2. The van der Waals surface area contributed by atoms with Crippen LogP contribution < -0.4 is 15.0 Å². The van der Waals surface area contributed by atoms with Crippen molar-refractivity contribution in [1.29, 1.82) is 0 Å². The number of H-pyrrole nitrogens is 1. The number of halogens is 3. The second-order valence-corrected chi connectivity index (χ2v) is 6.84. The van der Waals surface area contributed by atoms with Crippen LogP contribution >= 0.6 is 0 Å². The van der Waals surface area contributed by atoms with Crippen molar-refractivity contribution in [2.45, 2.75) is 30.9 Å². The summed E-state index contributed by atoms with van der Waals surface area (Å²) in [5, 5.41) is 2.95. The van der Waals surface area contributed by atoms with E-state index in [1.54, 1.807) is 0 Å². The molecule has 2 aromatic heterocycles. The summed E-state index contributed by atoms with van der Waals surface area (Å²) in [7, 11) is 0. The number of hydrogen-bond donors (Lipinski definition) is 1. The first-order chi connectivity index (χ1) is 12.9. The number of nitrogens with zero attached hydrogens (tertiary/aromatic N) is 2. The van der Waals surface area contributed by atoms with Crippen molar-refractivity contribution in [1.82, 2.24) is 14.6 Å². The normalized spacial score (nSPS) is 17.9. The summed E-state index contributed by atoms with van der Waals surface area (Å²) < 4.78 is 50.7. The number of nitrogens with one attached hydrogen (secondary N) is 1. The lowest BCUT2D eigenvalue weighted by Crippen LogP contribution is -2.36. The maximum Gasteiger partial charge on any atom is 0.433 e. The number of ether oxygens (including phenoxy) is 2. The lowest BCUT2D eigenvalue weighted by Gasteiger charge is -2.41. The molecule has 0 saturated heterocycles. The highest BCUT2D eigenvalue weighted by atomic mass is 19.4. The molecule has 6 nitrogen and oxygen atoms in total. The van der Waals surface area contributed by atoms with E-state index in [1.165, 1.54) is 6.07 Å². The topological polar surface area (TPSA) is 68.6 Å². The van der Waals surface area contributed by atoms with Gasteiger partial charge in [-0.15, -0.1) is 0 Å². The van der Waals surface area contributed by atoms with Crippen LogP contribution in [0.5, 0.6) is 11.5 Å². The minimum atomic E-state index is -4.67. The van der Waals surface area contributed by atoms with Gasteiger partial charge < -0.3 is 9.47 Å². The largest absolute Gasteiger partial charge is 0.454 e. The molecule has 1 aliphatic heterocycles. The summed E-state index contributed by atoms with van der Waals surface area (Å²) in [5.74, 6) is 1.31. The number of rotatable bonds is 2. The zero-order valence-electron chi connectivity index (χ0n) is 14.0. The Hall–Kier alpha value is -2.97. The Kier molecular flexibility index (Phi) is 3.17. The lowest BCUT2D eigenvalue weighted by molar-refractivity contribution is -0.141. The molecule has 0 amide bonds. The molecule has 2 aliphatic rings. The molecular weight excluding hydrogens is 363 g/mol. The van der Waals surface area contributed by atoms with Gasteiger partial charge >= 0.3 is 6.18 Å². The predicted octanol–water partition coefficient (Wildman–Crippen LogP) is 3.24. The minimum absolute atomic E-state index is 0.0446. The van der Waals surface area contributed by atoms with Gasteiger partial charge in [-0.25, -0.2) is 9.50 Å². The van der Waals surface area contributed by atoms with Gasteiger partial charge in [-0.05, 0) is 30.5 Å². The molecule has 0 radical (unpaired) electrons. The SMILES string of the molecule is O=c1cc(C(F)(F)F)nc2cc(C3(c4ccc5c(c4)OCO5)CCC3)[nH]n12. The van der Waals surface area contributed by atoms with E-state index >= 15 is 0 Å². The van der Waals surface area contributed by atoms with Crippen molar-refractivity contribution < 1.29 is 22.6 Å². The number of fused-ring (bicyclic) bond motifs is 2. The second-order valence-electron chi connectivity index (χ2n) is 6.84. The fourth-order valence-corrected chi connectivity index (χ4v) is 3.82. The molecule has 3 heterocycles. The molecular formula is C18H14F3N3O3. The lowest BCUT2D eigenvalue weighted by atomic mass is 9.62. The zero-order chi connectivity index (χ0) is 18.8. The summed E-state index contributed by atoms with van der Waals surface area (Å²) in [5.41, 5.74) is -0.816. The fourth-order valence-electron chi connectivity index (χ4n) is 3.82. The average molecular weight is 377 g/mol. The molecule has 0 bridgehead atoms. The van der Waals surface area contributed by atoms with Gasteiger partial charge in [0.1, 0.15) is 0 Å². The van der Waals surface area contributed by atoms with Crippen LogP contribution in [0.25, 0.3) is 5.65 Å². The Balaban J connectivity index is 1.65. The Labute approximate surface area is 150 Å². The van der Waals surface area contributed by atoms with Crippen LogP contribution in [-0.2, 0) is 11.6 Å². The molecule has 0 spiro atoms. The van der Waals surface area contributed by atoms with Crippen molar-refractivity contribution in [3.8, 4) is 11.5 Å². The van der Waals surface area contributed by atoms with Crippen molar-refractivity contribution in [3.63, 3.8) is 0 Å². The molecule has 5 rings (SSSR count). The Bertz CT molecular complexity index is 1110. The van der Waals surface area contributed by atoms with E-state index in [2.05, 4.69) is 10.1 Å². The van der Waals surface area contributed by atoms with E-state index in [9.17, 15) is 18.0 Å². The minimum Gasteiger partial charge on any atom is -0.454 e. The van der Waals surface area contributed by atoms with Gasteiger partial charge in [0.15, 0.2) is 22.8 Å². The first-order valence-corrected chi connectivity index (χ1v) is 8.47. The van der Waals surface area contributed by atoms with Crippen molar-refractivity contribution in [3.05, 3.63) is 57.6 Å². The van der Waals surface area contributed by atoms with E-state index in [-0.39, 0.29) is 12.4 Å². The zero-order valence-corrected chi connectivity index (χ0v) is 14.0. The van der Waals surface area contributed by atoms with E-state index in [4.69, 9.17) is 9.47 Å². The number of aromatic nitrogens is 3. The summed E-state index contributed by atoms with van der Waals surface area (Å²) in [4.78, 5) is 15.8. The first-order valence-electron chi connectivity index (χ1n) is 8.47. The molecule has 1 fully saturated rings. The first kappa shape index (κ1) is 16.2. The molecule has 140 valence electrons. The third-order valence-electron chi connectivity index (χ3n) is 5.39. The number of aromatic amines is 1. The van der Waals surface area contributed by atoms with Crippen LogP contribution in [-0.4, -0.2) is 21.4 Å². The van der Waals surface area contributed by atoms with Crippen LogP contribution in [0.3, 0.4) is 0 Å². The molecule has 1 aromatic carbocycles. The second kappa shape index (κ2) is 5.28.